The molecule has 1 amide bonds. The van der Waals surface area contributed by atoms with E-state index in [0.717, 1.165) is 16.5 Å². The van der Waals surface area contributed by atoms with Crippen LogP contribution in [0.5, 0.6) is 0 Å². The Balaban J connectivity index is 2.21. The number of carbonyl (C=O) groups excluding carboxylic acids is 1. The first kappa shape index (κ1) is 13.1. The van der Waals surface area contributed by atoms with Gasteiger partial charge in [0.2, 0.25) is 5.91 Å². The van der Waals surface area contributed by atoms with E-state index in [2.05, 4.69) is 21.2 Å². The molecule has 96 valence electrons. The number of rotatable bonds is 3. The lowest BCUT2D eigenvalue weighted by atomic mass is 9.68. The standard InChI is InChI=1S/C13H14BrNO3/c1-8-9(14)4-2-5-10(8)15-11(16)13(12(17)18)6-3-7-13/h2,4-5H,3,6-7H2,1H3,(H,15,16)(H,17,18). The molecule has 0 unspecified atom stereocenters. The highest BCUT2D eigenvalue weighted by Crippen LogP contribution is 2.42. The quantitative estimate of drug-likeness (QED) is 0.843. The smallest absolute Gasteiger partial charge is 0.319 e. The molecule has 0 aromatic heterocycles. The number of carboxylic acids is 1. The van der Waals surface area contributed by atoms with Gasteiger partial charge in [-0.2, -0.15) is 0 Å². The van der Waals surface area contributed by atoms with Crippen molar-refractivity contribution in [2.45, 2.75) is 26.2 Å². The van der Waals surface area contributed by atoms with Crippen LogP contribution in [-0.4, -0.2) is 17.0 Å². The summed E-state index contributed by atoms with van der Waals surface area (Å²) in [7, 11) is 0. The molecule has 0 spiro atoms. The van der Waals surface area contributed by atoms with Gasteiger partial charge in [0, 0.05) is 10.2 Å². The lowest BCUT2D eigenvalue weighted by molar-refractivity contribution is -0.159. The Morgan fingerprint density at radius 3 is 2.56 bits per heavy atom. The highest BCUT2D eigenvalue weighted by atomic mass is 79.9. The summed E-state index contributed by atoms with van der Waals surface area (Å²) in [6.07, 6.45) is 1.62. The lowest BCUT2D eigenvalue weighted by Crippen LogP contribution is -2.48. The summed E-state index contributed by atoms with van der Waals surface area (Å²) >= 11 is 3.38. The molecule has 0 saturated heterocycles. The first-order valence-corrected chi connectivity index (χ1v) is 6.56. The van der Waals surface area contributed by atoms with Gasteiger partial charge in [0.05, 0.1) is 0 Å². The second-order valence-corrected chi connectivity index (χ2v) is 5.46. The minimum Gasteiger partial charge on any atom is -0.480 e. The monoisotopic (exact) mass is 311 g/mol. The summed E-state index contributed by atoms with van der Waals surface area (Å²) in [5.41, 5.74) is 0.321. The fourth-order valence-corrected chi connectivity index (χ4v) is 2.42. The van der Waals surface area contributed by atoms with Crippen LogP contribution in [0, 0.1) is 12.3 Å². The van der Waals surface area contributed by atoms with E-state index < -0.39 is 17.3 Å². The van der Waals surface area contributed by atoms with Gasteiger partial charge in [-0.25, -0.2) is 0 Å². The van der Waals surface area contributed by atoms with Crippen molar-refractivity contribution in [3.05, 3.63) is 28.2 Å². The topological polar surface area (TPSA) is 66.4 Å². The Kier molecular flexibility index (Phi) is 3.43. The molecule has 2 rings (SSSR count). The highest BCUT2D eigenvalue weighted by Gasteiger charge is 2.51. The van der Waals surface area contributed by atoms with Crippen molar-refractivity contribution in [1.29, 1.82) is 0 Å². The zero-order valence-corrected chi connectivity index (χ0v) is 11.6. The van der Waals surface area contributed by atoms with Gasteiger partial charge in [-0.3, -0.25) is 9.59 Å². The minimum atomic E-state index is -1.23. The lowest BCUT2D eigenvalue weighted by Gasteiger charge is -2.35. The fourth-order valence-electron chi connectivity index (χ4n) is 2.05. The summed E-state index contributed by atoms with van der Waals surface area (Å²) in [6, 6.07) is 5.45. The summed E-state index contributed by atoms with van der Waals surface area (Å²) in [4.78, 5) is 23.3. The van der Waals surface area contributed by atoms with Gasteiger partial charge >= 0.3 is 5.97 Å². The second-order valence-electron chi connectivity index (χ2n) is 4.61. The van der Waals surface area contributed by atoms with E-state index in [-0.39, 0.29) is 0 Å². The number of benzene rings is 1. The van der Waals surface area contributed by atoms with Crippen LogP contribution in [0.3, 0.4) is 0 Å². The molecule has 1 aliphatic carbocycles. The van der Waals surface area contributed by atoms with Crippen LogP contribution in [0.4, 0.5) is 5.69 Å². The van der Waals surface area contributed by atoms with Gasteiger partial charge in [0.25, 0.3) is 0 Å². The first-order valence-electron chi connectivity index (χ1n) is 5.77. The number of amides is 1. The molecule has 0 heterocycles. The largest absolute Gasteiger partial charge is 0.480 e. The molecule has 1 aromatic carbocycles. The Bertz CT molecular complexity index is 509. The van der Waals surface area contributed by atoms with Gasteiger partial charge in [0.1, 0.15) is 5.41 Å². The zero-order valence-electron chi connectivity index (χ0n) is 10.00. The Labute approximate surface area is 114 Å². The van der Waals surface area contributed by atoms with E-state index in [1.54, 1.807) is 12.1 Å². The van der Waals surface area contributed by atoms with Crippen LogP contribution < -0.4 is 5.32 Å². The van der Waals surface area contributed by atoms with Crippen LogP contribution in [0.15, 0.2) is 22.7 Å². The number of carboxylic acid groups (broad SMARTS) is 1. The van der Waals surface area contributed by atoms with E-state index in [1.807, 2.05) is 13.0 Å². The van der Waals surface area contributed by atoms with Crippen molar-refractivity contribution in [1.82, 2.24) is 0 Å². The van der Waals surface area contributed by atoms with Crippen molar-refractivity contribution in [2.24, 2.45) is 5.41 Å². The molecule has 1 aromatic rings. The normalized spacial score (nSPS) is 16.8. The van der Waals surface area contributed by atoms with Crippen LogP contribution in [0.25, 0.3) is 0 Å². The number of hydrogen-bond donors (Lipinski definition) is 2. The van der Waals surface area contributed by atoms with Crippen LogP contribution in [0.1, 0.15) is 24.8 Å². The SMILES string of the molecule is Cc1c(Br)cccc1NC(=O)C1(C(=O)O)CCC1. The van der Waals surface area contributed by atoms with Crippen molar-refractivity contribution in [3.63, 3.8) is 0 Å². The number of carbonyl (C=O) groups is 2. The van der Waals surface area contributed by atoms with Gasteiger partial charge in [-0.05, 0) is 37.5 Å². The van der Waals surface area contributed by atoms with Gasteiger partial charge < -0.3 is 10.4 Å². The van der Waals surface area contributed by atoms with Crippen LogP contribution >= 0.6 is 15.9 Å². The molecule has 2 N–H and O–H groups in total. The van der Waals surface area contributed by atoms with Crippen molar-refractivity contribution in [2.75, 3.05) is 5.32 Å². The van der Waals surface area contributed by atoms with Crippen molar-refractivity contribution in [3.8, 4) is 0 Å². The number of nitrogens with one attached hydrogen (secondary N) is 1. The number of hydrogen-bond acceptors (Lipinski definition) is 2. The molecule has 1 saturated carbocycles. The average Bonchev–Trinajstić information content (AvgIpc) is 2.22. The fraction of sp³-hybridized carbons (Fsp3) is 0.385. The van der Waals surface area contributed by atoms with Gasteiger partial charge in [0.15, 0.2) is 0 Å². The maximum Gasteiger partial charge on any atom is 0.319 e. The molecule has 1 fully saturated rings. The number of halogens is 1. The molecule has 0 atom stereocenters. The van der Waals surface area contributed by atoms with E-state index in [4.69, 9.17) is 0 Å². The first-order chi connectivity index (χ1) is 8.47. The molecular formula is C13H14BrNO3. The minimum absolute atomic E-state index is 0.414. The van der Waals surface area contributed by atoms with Crippen molar-refractivity contribution >= 4 is 33.5 Å². The summed E-state index contributed by atoms with van der Waals surface area (Å²) in [6.45, 7) is 1.87. The van der Waals surface area contributed by atoms with Gasteiger partial charge in [-0.1, -0.05) is 28.4 Å². The molecule has 0 aliphatic heterocycles. The molecular weight excluding hydrogens is 298 g/mol. The molecule has 0 bridgehead atoms. The second kappa shape index (κ2) is 4.72. The highest BCUT2D eigenvalue weighted by molar-refractivity contribution is 9.10. The summed E-state index contributed by atoms with van der Waals surface area (Å²) < 4.78 is 0.887. The maximum absolute atomic E-state index is 12.1. The van der Waals surface area contributed by atoms with Crippen LogP contribution in [0.2, 0.25) is 0 Å². The zero-order chi connectivity index (χ0) is 13.3. The Hall–Kier alpha value is -1.36. The molecule has 0 radical (unpaired) electrons. The van der Waals surface area contributed by atoms with E-state index in [0.29, 0.717) is 18.5 Å². The Morgan fingerprint density at radius 2 is 2.06 bits per heavy atom. The van der Waals surface area contributed by atoms with Crippen LogP contribution in [-0.2, 0) is 9.59 Å². The number of anilines is 1. The molecule has 18 heavy (non-hydrogen) atoms. The van der Waals surface area contributed by atoms with E-state index in [1.165, 1.54) is 0 Å². The van der Waals surface area contributed by atoms with Crippen molar-refractivity contribution < 1.29 is 14.7 Å². The van der Waals surface area contributed by atoms with E-state index >= 15 is 0 Å². The number of aliphatic carboxylic acids is 1. The third kappa shape index (κ3) is 2.03. The summed E-state index contributed by atoms with van der Waals surface area (Å²) in [5.74, 6) is -1.44. The molecule has 4 nitrogen and oxygen atoms in total. The third-order valence-corrected chi connectivity index (χ3v) is 4.43. The maximum atomic E-state index is 12.1. The predicted molar refractivity (Wildman–Crippen MR) is 71.4 cm³/mol. The molecule has 1 aliphatic rings. The summed E-state index contributed by atoms with van der Waals surface area (Å²) in [5, 5.41) is 11.9. The average molecular weight is 312 g/mol. The van der Waals surface area contributed by atoms with E-state index in [9.17, 15) is 14.7 Å². The third-order valence-electron chi connectivity index (χ3n) is 3.57. The van der Waals surface area contributed by atoms with Gasteiger partial charge in [-0.15, -0.1) is 0 Å². The Morgan fingerprint density at radius 1 is 1.39 bits per heavy atom. The molecule has 5 heteroatoms. The predicted octanol–water partition coefficient (Wildman–Crippen LogP) is 2.95.